The molecule has 0 aliphatic carbocycles. The van der Waals surface area contributed by atoms with Crippen LogP contribution in [0, 0.1) is 10.1 Å². The van der Waals surface area contributed by atoms with E-state index < -0.39 is 10.2 Å². The number of benzene rings is 1. The van der Waals surface area contributed by atoms with Crippen LogP contribution in [0.15, 0.2) is 53.9 Å². The van der Waals surface area contributed by atoms with Gasteiger partial charge >= 0.3 is 0 Å². The minimum Gasteiger partial charge on any atom is -0.325 e. The molecule has 2 aromatic heterocycles. The van der Waals surface area contributed by atoms with Gasteiger partial charge in [-0.3, -0.25) is 19.9 Å². The number of pyridine rings is 1. The molecule has 0 aliphatic heterocycles. The first-order valence-electron chi connectivity index (χ1n) is 7.97. The quantitative estimate of drug-likeness (QED) is 0.394. The number of amides is 1. The number of nitro benzene ring substituents is 1. The van der Waals surface area contributed by atoms with E-state index in [9.17, 15) is 14.9 Å². The number of hydrogen-bond acceptors (Lipinski definition) is 7. The predicted molar refractivity (Wildman–Crippen MR) is 101 cm³/mol. The Morgan fingerprint density at radius 1 is 1.30 bits per heavy atom. The molecule has 1 aromatic carbocycles. The van der Waals surface area contributed by atoms with Crippen LogP contribution in [0.2, 0.25) is 0 Å². The number of carbonyl (C=O) groups is 1. The fourth-order valence-corrected chi connectivity index (χ4v) is 3.13. The van der Waals surface area contributed by atoms with Crippen molar-refractivity contribution < 1.29 is 9.72 Å². The molecule has 3 aromatic rings. The summed E-state index contributed by atoms with van der Waals surface area (Å²) in [6.45, 7) is 1.73. The number of thioether (sulfide) groups is 1. The first-order chi connectivity index (χ1) is 13.0. The van der Waals surface area contributed by atoms with Gasteiger partial charge in [0, 0.05) is 42.8 Å². The second-order valence-electron chi connectivity index (χ2n) is 5.66. The van der Waals surface area contributed by atoms with Crippen molar-refractivity contribution in [3.63, 3.8) is 0 Å². The molecule has 1 N–H and O–H groups in total. The van der Waals surface area contributed by atoms with Gasteiger partial charge in [0.2, 0.25) is 5.91 Å². The van der Waals surface area contributed by atoms with E-state index >= 15 is 0 Å². The number of aromatic nitrogens is 4. The zero-order chi connectivity index (χ0) is 19.4. The van der Waals surface area contributed by atoms with Crippen LogP contribution in [-0.4, -0.2) is 35.8 Å². The number of nitrogens with one attached hydrogen (secondary N) is 1. The number of carbonyl (C=O) groups excluding carboxylic acids is 1. The van der Waals surface area contributed by atoms with Crippen LogP contribution in [0.25, 0.3) is 11.4 Å². The van der Waals surface area contributed by atoms with Crippen LogP contribution < -0.4 is 5.32 Å². The molecule has 27 heavy (non-hydrogen) atoms. The van der Waals surface area contributed by atoms with Crippen molar-refractivity contribution in [3.05, 3.63) is 58.9 Å². The summed E-state index contributed by atoms with van der Waals surface area (Å²) in [6, 6.07) is 9.50. The van der Waals surface area contributed by atoms with Crippen molar-refractivity contribution in [1.29, 1.82) is 0 Å². The molecule has 3 rings (SSSR count). The molecular weight excluding hydrogens is 368 g/mol. The standard InChI is InChI=1S/C17H16N6O3S/c1-11(16(24)19-13-6-3-7-14(9-13)23(25)26)27-17-21-20-15(22(17)2)12-5-4-8-18-10-12/h3-11H,1-2H3,(H,19,24). The Hall–Kier alpha value is -3.27. The summed E-state index contributed by atoms with van der Waals surface area (Å²) in [7, 11) is 1.82. The Balaban J connectivity index is 1.69. The zero-order valence-corrected chi connectivity index (χ0v) is 15.4. The number of anilines is 1. The van der Waals surface area contributed by atoms with E-state index in [0.717, 1.165) is 5.56 Å². The summed E-state index contributed by atoms with van der Waals surface area (Å²) < 4.78 is 1.79. The number of rotatable bonds is 6. The van der Waals surface area contributed by atoms with Gasteiger partial charge in [0.25, 0.3) is 5.69 Å². The molecule has 0 bridgehead atoms. The lowest BCUT2D eigenvalue weighted by molar-refractivity contribution is -0.384. The summed E-state index contributed by atoms with van der Waals surface area (Å²) in [5, 5.41) is 21.9. The van der Waals surface area contributed by atoms with Crippen LogP contribution in [0.5, 0.6) is 0 Å². The zero-order valence-electron chi connectivity index (χ0n) is 14.6. The van der Waals surface area contributed by atoms with Crippen LogP contribution in [0.4, 0.5) is 11.4 Å². The highest BCUT2D eigenvalue weighted by Gasteiger charge is 2.20. The third-order valence-corrected chi connectivity index (χ3v) is 4.86. The minimum atomic E-state index is -0.507. The van der Waals surface area contributed by atoms with E-state index in [1.54, 1.807) is 30.0 Å². The van der Waals surface area contributed by atoms with Gasteiger partial charge in [0.1, 0.15) is 0 Å². The van der Waals surface area contributed by atoms with E-state index in [-0.39, 0.29) is 11.6 Å². The summed E-state index contributed by atoms with van der Waals surface area (Å²) in [5.74, 6) is 0.364. The van der Waals surface area contributed by atoms with Gasteiger partial charge < -0.3 is 9.88 Å². The second-order valence-corrected chi connectivity index (χ2v) is 6.97. The monoisotopic (exact) mass is 384 g/mol. The third-order valence-electron chi connectivity index (χ3n) is 3.73. The third kappa shape index (κ3) is 4.29. The maximum absolute atomic E-state index is 12.4. The number of hydrogen-bond donors (Lipinski definition) is 1. The Labute approximate surface area is 159 Å². The smallest absolute Gasteiger partial charge is 0.271 e. The van der Waals surface area contributed by atoms with E-state index in [1.165, 1.54) is 30.0 Å². The van der Waals surface area contributed by atoms with Crippen molar-refractivity contribution in [1.82, 2.24) is 19.7 Å². The molecule has 0 aliphatic rings. The summed E-state index contributed by atoms with van der Waals surface area (Å²) >= 11 is 1.25. The van der Waals surface area contributed by atoms with Crippen molar-refractivity contribution in [3.8, 4) is 11.4 Å². The Morgan fingerprint density at radius 3 is 2.81 bits per heavy atom. The Morgan fingerprint density at radius 2 is 2.11 bits per heavy atom. The molecule has 9 nitrogen and oxygen atoms in total. The molecule has 1 atom stereocenters. The van der Waals surface area contributed by atoms with E-state index in [4.69, 9.17) is 0 Å². The summed E-state index contributed by atoms with van der Waals surface area (Å²) in [4.78, 5) is 26.8. The number of nitrogens with zero attached hydrogens (tertiary/aromatic N) is 5. The second kappa shape index (κ2) is 7.96. The lowest BCUT2D eigenvalue weighted by Gasteiger charge is -2.11. The maximum Gasteiger partial charge on any atom is 0.271 e. The number of nitro groups is 1. The Bertz CT molecular complexity index is 976. The largest absolute Gasteiger partial charge is 0.325 e. The van der Waals surface area contributed by atoms with Gasteiger partial charge in [-0.05, 0) is 25.1 Å². The van der Waals surface area contributed by atoms with Gasteiger partial charge in [-0.15, -0.1) is 10.2 Å². The highest BCUT2D eigenvalue weighted by Crippen LogP contribution is 2.26. The first-order valence-corrected chi connectivity index (χ1v) is 8.85. The van der Waals surface area contributed by atoms with Gasteiger partial charge in [0.15, 0.2) is 11.0 Å². The van der Waals surface area contributed by atoms with E-state index in [1.807, 2.05) is 19.2 Å². The van der Waals surface area contributed by atoms with Gasteiger partial charge in [-0.25, -0.2) is 0 Å². The van der Waals surface area contributed by atoms with Crippen molar-refractivity contribution in [2.75, 3.05) is 5.32 Å². The molecular formula is C17H16N6O3S. The average Bonchev–Trinajstić information content (AvgIpc) is 3.03. The summed E-state index contributed by atoms with van der Waals surface area (Å²) in [6.07, 6.45) is 3.37. The van der Waals surface area contributed by atoms with Gasteiger partial charge in [0.05, 0.1) is 10.2 Å². The molecule has 1 unspecified atom stereocenters. The SMILES string of the molecule is CC(Sc1nnc(-c2cccnc2)n1C)C(=O)Nc1cccc([N+](=O)[O-])c1. The fraction of sp³-hybridized carbons (Fsp3) is 0.176. The van der Waals surface area contributed by atoms with Crippen LogP contribution in [0.3, 0.4) is 0 Å². The number of non-ortho nitro benzene ring substituents is 1. The van der Waals surface area contributed by atoms with Crippen LogP contribution >= 0.6 is 11.8 Å². The average molecular weight is 384 g/mol. The molecule has 138 valence electrons. The highest BCUT2D eigenvalue weighted by molar-refractivity contribution is 8.00. The van der Waals surface area contributed by atoms with Crippen LogP contribution in [0.1, 0.15) is 6.92 Å². The molecule has 10 heteroatoms. The predicted octanol–water partition coefficient (Wildman–Crippen LogP) is 2.90. The molecule has 1 amide bonds. The van der Waals surface area contributed by atoms with Crippen molar-refractivity contribution >= 4 is 29.0 Å². The molecule has 0 radical (unpaired) electrons. The van der Waals surface area contributed by atoms with Gasteiger partial charge in [-0.1, -0.05) is 17.8 Å². The molecule has 0 saturated carbocycles. The molecule has 2 heterocycles. The van der Waals surface area contributed by atoms with E-state index in [0.29, 0.717) is 16.7 Å². The minimum absolute atomic E-state index is 0.0810. The molecule has 0 fully saturated rings. The molecule has 0 spiro atoms. The van der Waals surface area contributed by atoms with E-state index in [2.05, 4.69) is 20.5 Å². The lowest BCUT2D eigenvalue weighted by Crippen LogP contribution is -2.22. The topological polar surface area (TPSA) is 116 Å². The molecule has 0 saturated heterocycles. The first kappa shape index (κ1) is 18.5. The van der Waals surface area contributed by atoms with Gasteiger partial charge in [-0.2, -0.15) is 0 Å². The lowest BCUT2D eigenvalue weighted by atomic mass is 10.2. The fourth-order valence-electron chi connectivity index (χ4n) is 2.32. The van der Waals surface area contributed by atoms with Crippen molar-refractivity contribution in [2.45, 2.75) is 17.3 Å². The normalized spacial score (nSPS) is 11.8. The van der Waals surface area contributed by atoms with Crippen LogP contribution in [-0.2, 0) is 11.8 Å². The highest BCUT2D eigenvalue weighted by atomic mass is 32.2. The van der Waals surface area contributed by atoms with Crippen molar-refractivity contribution in [2.24, 2.45) is 7.05 Å². The summed E-state index contributed by atoms with van der Waals surface area (Å²) in [5.41, 5.74) is 1.12. The Kier molecular flexibility index (Phi) is 5.46. The maximum atomic E-state index is 12.4.